The van der Waals surface area contributed by atoms with E-state index in [0.717, 1.165) is 12.3 Å². The second-order valence-corrected chi connectivity index (χ2v) is 1.89. The van der Waals surface area contributed by atoms with Crippen LogP contribution in [0.4, 0.5) is 0 Å². The van der Waals surface area contributed by atoms with Crippen LogP contribution >= 0.6 is 0 Å². The molecule has 2 N–H and O–H groups in total. The molecule has 0 saturated carbocycles. The molecule has 3 nitrogen and oxygen atoms in total. The molecule has 0 unspecified atom stereocenters. The van der Waals surface area contributed by atoms with Crippen molar-refractivity contribution in [3.05, 3.63) is 12.2 Å². The van der Waals surface area contributed by atoms with Gasteiger partial charge in [-0.1, -0.05) is 6.08 Å². The van der Waals surface area contributed by atoms with Gasteiger partial charge in [-0.2, -0.15) is 0 Å². The molecule has 0 heterocycles. The van der Waals surface area contributed by atoms with Crippen LogP contribution in [-0.4, -0.2) is 25.1 Å². The zero-order chi connectivity index (χ0) is 8.53. The molecule has 0 aromatic rings. The first kappa shape index (κ1) is 10.0. The molecule has 0 fully saturated rings. The van der Waals surface area contributed by atoms with Crippen molar-refractivity contribution >= 4 is 11.9 Å². The predicted molar refractivity (Wildman–Crippen MR) is 50.3 cm³/mol. The molecule has 62 valence electrons. The second kappa shape index (κ2) is 7.15. The minimum atomic E-state index is 0.320. The maximum absolute atomic E-state index is 5.19. The third-order valence-electron chi connectivity index (χ3n) is 1.01. The van der Waals surface area contributed by atoms with E-state index in [0.29, 0.717) is 6.67 Å². The van der Waals surface area contributed by atoms with Crippen LogP contribution in [0.5, 0.6) is 0 Å². The van der Waals surface area contributed by atoms with Crippen molar-refractivity contribution in [2.45, 2.75) is 13.8 Å². The third kappa shape index (κ3) is 5.48. The number of hydrogen-bond donors (Lipinski definition) is 1. The highest BCUT2D eigenvalue weighted by Crippen LogP contribution is 1.80. The van der Waals surface area contributed by atoms with Crippen LogP contribution in [0.2, 0.25) is 0 Å². The van der Waals surface area contributed by atoms with Crippen molar-refractivity contribution in [1.82, 2.24) is 0 Å². The topological polar surface area (TPSA) is 50.7 Å². The first-order valence-corrected chi connectivity index (χ1v) is 3.72. The molecule has 0 aliphatic rings. The zero-order valence-electron chi connectivity index (χ0n) is 7.12. The Balaban J connectivity index is 4.11. The first-order chi connectivity index (χ1) is 5.35. The van der Waals surface area contributed by atoms with Crippen molar-refractivity contribution in [2.24, 2.45) is 15.7 Å². The number of allylic oxidation sites excluding steroid dienone is 2. The summed E-state index contributed by atoms with van der Waals surface area (Å²) in [7, 11) is 0. The number of nitrogens with two attached hydrogens (primary N) is 1. The van der Waals surface area contributed by atoms with Gasteiger partial charge in [-0.25, -0.2) is 0 Å². The molecule has 0 saturated heterocycles. The second-order valence-electron chi connectivity index (χ2n) is 1.89. The molecule has 0 rings (SSSR count). The summed E-state index contributed by atoms with van der Waals surface area (Å²) in [6, 6.07) is 0. The summed E-state index contributed by atoms with van der Waals surface area (Å²) in [4.78, 5) is 8.06. The molecule has 0 atom stereocenters. The minimum absolute atomic E-state index is 0.320. The summed E-state index contributed by atoms with van der Waals surface area (Å²) in [5, 5.41) is 0. The Kier molecular flexibility index (Phi) is 6.53. The molecule has 0 aromatic carbocycles. The quantitative estimate of drug-likeness (QED) is 0.602. The van der Waals surface area contributed by atoms with Gasteiger partial charge in [0.1, 0.15) is 0 Å². The Bertz CT molecular complexity index is 168. The summed E-state index contributed by atoms with van der Waals surface area (Å²) in [5.41, 5.74) is 6.07. The van der Waals surface area contributed by atoms with E-state index >= 15 is 0 Å². The SMILES string of the molecule is C/C=C\C(/C=N/CN)=NCC. The molecular formula is C8H15N3. The summed E-state index contributed by atoms with van der Waals surface area (Å²) in [5.74, 6) is 0. The fraction of sp³-hybridized carbons (Fsp3) is 0.500. The van der Waals surface area contributed by atoms with Gasteiger partial charge in [0.15, 0.2) is 0 Å². The van der Waals surface area contributed by atoms with E-state index in [-0.39, 0.29) is 0 Å². The van der Waals surface area contributed by atoms with Gasteiger partial charge in [0.05, 0.1) is 12.4 Å². The minimum Gasteiger partial charge on any atom is -0.312 e. The Morgan fingerprint density at radius 2 is 2.27 bits per heavy atom. The van der Waals surface area contributed by atoms with E-state index in [4.69, 9.17) is 5.73 Å². The van der Waals surface area contributed by atoms with E-state index in [1.54, 1.807) is 6.21 Å². The van der Waals surface area contributed by atoms with E-state index in [9.17, 15) is 0 Å². The normalized spacial score (nSPS) is 13.5. The molecule has 0 amide bonds. The standard InChI is InChI=1S/C8H15N3/c1-3-5-8(11-4-2)6-10-7-9/h3,5-6H,4,7,9H2,1-2H3/b5-3-,10-6+,11-8?. The number of nitrogens with zero attached hydrogens (tertiary/aromatic N) is 2. The molecule has 3 heteroatoms. The molecule has 0 bridgehead atoms. The molecule has 0 aliphatic carbocycles. The van der Waals surface area contributed by atoms with Crippen LogP contribution in [0.1, 0.15) is 13.8 Å². The van der Waals surface area contributed by atoms with Crippen molar-refractivity contribution in [3.8, 4) is 0 Å². The molecule has 11 heavy (non-hydrogen) atoms. The monoisotopic (exact) mass is 153 g/mol. The van der Waals surface area contributed by atoms with Gasteiger partial charge in [0, 0.05) is 12.8 Å². The molecule has 0 radical (unpaired) electrons. The molecule has 0 aromatic heterocycles. The lowest BCUT2D eigenvalue weighted by Gasteiger charge is -1.89. The molecular weight excluding hydrogens is 138 g/mol. The van der Waals surface area contributed by atoms with Crippen molar-refractivity contribution in [1.29, 1.82) is 0 Å². The van der Waals surface area contributed by atoms with Crippen molar-refractivity contribution in [2.75, 3.05) is 13.2 Å². The van der Waals surface area contributed by atoms with Crippen LogP contribution in [-0.2, 0) is 0 Å². The van der Waals surface area contributed by atoms with Crippen LogP contribution < -0.4 is 5.73 Å². The van der Waals surface area contributed by atoms with E-state index < -0.39 is 0 Å². The average Bonchev–Trinajstić information content (AvgIpc) is 2.01. The number of rotatable bonds is 4. The lowest BCUT2D eigenvalue weighted by atomic mass is 10.3. The Labute approximate surface area is 67.7 Å². The predicted octanol–water partition coefficient (Wildman–Crippen LogP) is 1.01. The van der Waals surface area contributed by atoms with Crippen LogP contribution in [0.25, 0.3) is 0 Å². The fourth-order valence-corrected chi connectivity index (χ4v) is 0.636. The van der Waals surface area contributed by atoms with Crippen molar-refractivity contribution < 1.29 is 0 Å². The van der Waals surface area contributed by atoms with Gasteiger partial charge in [-0.3, -0.25) is 9.98 Å². The number of hydrogen-bond acceptors (Lipinski definition) is 3. The van der Waals surface area contributed by atoms with E-state index in [1.807, 2.05) is 26.0 Å². The van der Waals surface area contributed by atoms with E-state index in [1.165, 1.54) is 0 Å². The third-order valence-corrected chi connectivity index (χ3v) is 1.01. The smallest absolute Gasteiger partial charge is 0.0860 e. The molecule has 0 spiro atoms. The highest BCUT2D eigenvalue weighted by molar-refractivity contribution is 6.35. The summed E-state index contributed by atoms with van der Waals surface area (Å²) in [6.07, 6.45) is 5.52. The average molecular weight is 153 g/mol. The van der Waals surface area contributed by atoms with Crippen LogP contribution in [0.15, 0.2) is 22.1 Å². The summed E-state index contributed by atoms with van der Waals surface area (Å²) < 4.78 is 0. The van der Waals surface area contributed by atoms with Gasteiger partial charge < -0.3 is 5.73 Å². The molecule has 0 aliphatic heterocycles. The van der Waals surface area contributed by atoms with Gasteiger partial charge >= 0.3 is 0 Å². The maximum atomic E-state index is 5.19. The van der Waals surface area contributed by atoms with Crippen molar-refractivity contribution in [3.63, 3.8) is 0 Å². The lowest BCUT2D eigenvalue weighted by molar-refractivity contribution is 1.08. The largest absolute Gasteiger partial charge is 0.312 e. The summed E-state index contributed by atoms with van der Waals surface area (Å²) >= 11 is 0. The van der Waals surface area contributed by atoms with Crippen LogP contribution in [0, 0.1) is 0 Å². The summed E-state index contributed by atoms with van der Waals surface area (Å²) in [6.45, 7) is 5.03. The van der Waals surface area contributed by atoms with Gasteiger partial charge in [-0.15, -0.1) is 0 Å². The Morgan fingerprint density at radius 3 is 2.73 bits per heavy atom. The van der Waals surface area contributed by atoms with Gasteiger partial charge in [0.25, 0.3) is 0 Å². The Morgan fingerprint density at radius 1 is 1.55 bits per heavy atom. The lowest BCUT2D eigenvalue weighted by Crippen LogP contribution is -2.00. The van der Waals surface area contributed by atoms with Crippen LogP contribution in [0.3, 0.4) is 0 Å². The zero-order valence-corrected chi connectivity index (χ0v) is 7.12. The van der Waals surface area contributed by atoms with Gasteiger partial charge in [0.2, 0.25) is 0 Å². The highest BCUT2D eigenvalue weighted by atomic mass is 14.9. The Hall–Kier alpha value is -0.960. The maximum Gasteiger partial charge on any atom is 0.0860 e. The number of aliphatic imine (C=N–C) groups is 2. The van der Waals surface area contributed by atoms with E-state index in [2.05, 4.69) is 9.98 Å². The first-order valence-electron chi connectivity index (χ1n) is 3.72. The highest BCUT2D eigenvalue weighted by Gasteiger charge is 1.83. The fourth-order valence-electron chi connectivity index (χ4n) is 0.636. The van der Waals surface area contributed by atoms with Gasteiger partial charge in [-0.05, 0) is 19.9 Å².